The molecule has 0 radical (unpaired) electrons. The number of aliphatic hydroxyl groups is 3. The van der Waals surface area contributed by atoms with Gasteiger partial charge in [-0.25, -0.2) is 0 Å². The van der Waals surface area contributed by atoms with E-state index < -0.39 is 35.9 Å². The Morgan fingerprint density at radius 3 is 2.34 bits per heavy atom. The zero-order valence-electron chi connectivity index (χ0n) is 20.4. The third-order valence-electron chi connectivity index (χ3n) is 6.95. The summed E-state index contributed by atoms with van der Waals surface area (Å²) in [5.74, 6) is -2.69. The lowest BCUT2D eigenvalue weighted by atomic mass is 9.49. The number of fused-ring (bicyclic) bond motifs is 4. The lowest BCUT2D eigenvalue weighted by Gasteiger charge is -2.56. The molecule has 2 fully saturated rings. The van der Waals surface area contributed by atoms with E-state index in [4.69, 9.17) is 0 Å². The normalized spacial score (nSPS) is 43.5. The summed E-state index contributed by atoms with van der Waals surface area (Å²) >= 11 is 0. The molecule has 4 N–H and O–H groups in total. The van der Waals surface area contributed by atoms with Crippen molar-refractivity contribution in [2.24, 2.45) is 29.6 Å². The van der Waals surface area contributed by atoms with Crippen LogP contribution in [0.25, 0.3) is 0 Å². The largest absolute Gasteiger partial charge is 0.390 e. The van der Waals surface area contributed by atoms with Crippen LogP contribution in [0.15, 0.2) is 71.9 Å². The van der Waals surface area contributed by atoms with E-state index in [1.54, 1.807) is 13.0 Å². The predicted octanol–water partition coefficient (Wildman–Crippen LogP) is 1.97. The van der Waals surface area contributed by atoms with E-state index in [1.807, 2.05) is 62.5 Å². The molecule has 7 heteroatoms. The van der Waals surface area contributed by atoms with E-state index in [2.05, 4.69) is 5.32 Å². The number of carbonyl (C=O) groups is 3. The molecule has 8 unspecified atom stereocenters. The maximum atomic E-state index is 12.7. The molecular formula is C28H35NO6. The van der Waals surface area contributed by atoms with Crippen LogP contribution in [0.5, 0.6) is 0 Å². The van der Waals surface area contributed by atoms with Crippen molar-refractivity contribution in [2.45, 2.75) is 45.5 Å². The molecule has 0 aromatic heterocycles. The van der Waals surface area contributed by atoms with Crippen LogP contribution < -0.4 is 5.32 Å². The summed E-state index contributed by atoms with van der Waals surface area (Å²) in [6.45, 7) is 6.14. The molecule has 3 rings (SSSR count). The van der Waals surface area contributed by atoms with Crippen LogP contribution in [0.4, 0.5) is 0 Å². The van der Waals surface area contributed by atoms with Crippen LogP contribution in [0.2, 0.25) is 0 Å². The Kier molecular flexibility index (Phi) is 8.94. The second-order valence-electron chi connectivity index (χ2n) is 9.79. The number of nitrogens with one attached hydrogen (secondary N) is 1. The van der Waals surface area contributed by atoms with Crippen LogP contribution in [0, 0.1) is 29.6 Å². The standard InChI is InChI=1S/C28H35NO6/c1-16-7-5-4-6-8-18(3)15-29-22(31)14-19(30)11-9-17(2)13-21-20(12-10-16)23-24(21)26(33)28(35)27(34)25(23)32/h4-13,18,20-21,23-24,26-28,33-35H,14-15H2,1-3H3,(H,29,31)/b5-4+,8-6+,11-9+,12-10+,16-7+,17-13+. The second kappa shape index (κ2) is 11.7. The molecule has 3 aliphatic rings. The highest BCUT2D eigenvalue weighted by Gasteiger charge is 2.61. The minimum Gasteiger partial charge on any atom is -0.390 e. The fourth-order valence-corrected chi connectivity index (χ4v) is 4.97. The Hall–Kier alpha value is -2.87. The summed E-state index contributed by atoms with van der Waals surface area (Å²) in [6, 6.07) is 0. The third-order valence-corrected chi connectivity index (χ3v) is 6.95. The van der Waals surface area contributed by atoms with Gasteiger partial charge in [-0.2, -0.15) is 0 Å². The van der Waals surface area contributed by atoms with Gasteiger partial charge in [0.1, 0.15) is 12.2 Å². The van der Waals surface area contributed by atoms with Crippen molar-refractivity contribution in [3.63, 3.8) is 0 Å². The number of ketones is 2. The molecule has 2 aliphatic carbocycles. The van der Waals surface area contributed by atoms with Crippen molar-refractivity contribution in [3.05, 3.63) is 71.9 Å². The molecule has 2 saturated carbocycles. The Balaban J connectivity index is 1.93. The zero-order chi connectivity index (χ0) is 25.7. The molecule has 7 nitrogen and oxygen atoms in total. The van der Waals surface area contributed by atoms with E-state index in [9.17, 15) is 29.7 Å². The molecular weight excluding hydrogens is 446 g/mol. The van der Waals surface area contributed by atoms with E-state index >= 15 is 0 Å². The number of Topliss-reactive ketones (excluding diaryl/α,β-unsaturated/α-hetero) is 1. The van der Waals surface area contributed by atoms with E-state index in [0.29, 0.717) is 6.54 Å². The van der Waals surface area contributed by atoms with Gasteiger partial charge in [0, 0.05) is 18.4 Å². The highest BCUT2D eigenvalue weighted by Crippen LogP contribution is 2.54. The maximum absolute atomic E-state index is 12.7. The van der Waals surface area contributed by atoms with Gasteiger partial charge in [0.15, 0.2) is 11.6 Å². The molecule has 8 atom stereocenters. The first-order valence-corrected chi connectivity index (χ1v) is 12.0. The molecule has 0 saturated heterocycles. The maximum Gasteiger partial charge on any atom is 0.227 e. The number of carbonyl (C=O) groups excluding carboxylic acids is 3. The van der Waals surface area contributed by atoms with Crippen molar-refractivity contribution < 1.29 is 29.7 Å². The average molecular weight is 482 g/mol. The summed E-state index contributed by atoms with van der Waals surface area (Å²) in [5, 5.41) is 33.7. The molecule has 35 heavy (non-hydrogen) atoms. The summed E-state index contributed by atoms with van der Waals surface area (Å²) in [5.41, 5.74) is 1.70. The van der Waals surface area contributed by atoms with Crippen molar-refractivity contribution in [2.75, 3.05) is 6.54 Å². The average Bonchev–Trinajstić information content (AvgIpc) is 2.80. The van der Waals surface area contributed by atoms with Crippen molar-refractivity contribution >= 4 is 17.5 Å². The minimum atomic E-state index is -1.61. The fraction of sp³-hybridized carbons (Fsp3) is 0.464. The Morgan fingerprint density at radius 2 is 1.60 bits per heavy atom. The first-order chi connectivity index (χ1) is 16.6. The second-order valence-corrected chi connectivity index (χ2v) is 9.79. The van der Waals surface area contributed by atoms with Crippen LogP contribution in [0.1, 0.15) is 27.2 Å². The lowest BCUT2D eigenvalue weighted by molar-refractivity contribution is -0.191. The van der Waals surface area contributed by atoms with Gasteiger partial charge in [0.2, 0.25) is 5.91 Å². The van der Waals surface area contributed by atoms with Crippen molar-refractivity contribution in [3.8, 4) is 0 Å². The quantitative estimate of drug-likeness (QED) is 0.392. The molecule has 1 aliphatic heterocycles. The molecule has 0 aromatic carbocycles. The van der Waals surface area contributed by atoms with Gasteiger partial charge in [-0.1, -0.05) is 72.8 Å². The lowest BCUT2D eigenvalue weighted by Crippen LogP contribution is -2.66. The van der Waals surface area contributed by atoms with Gasteiger partial charge in [0.25, 0.3) is 0 Å². The molecule has 0 bridgehead atoms. The van der Waals surface area contributed by atoms with E-state index in [-0.39, 0.29) is 35.9 Å². The van der Waals surface area contributed by atoms with Gasteiger partial charge >= 0.3 is 0 Å². The smallest absolute Gasteiger partial charge is 0.227 e. The number of rotatable bonds is 0. The highest BCUT2D eigenvalue weighted by atomic mass is 16.4. The van der Waals surface area contributed by atoms with Crippen molar-refractivity contribution in [1.29, 1.82) is 0 Å². The van der Waals surface area contributed by atoms with E-state index in [0.717, 1.165) is 11.1 Å². The summed E-state index contributed by atoms with van der Waals surface area (Å²) < 4.78 is 0. The van der Waals surface area contributed by atoms with Gasteiger partial charge in [0.05, 0.1) is 12.5 Å². The van der Waals surface area contributed by atoms with Gasteiger partial charge in [-0.3, -0.25) is 14.4 Å². The van der Waals surface area contributed by atoms with Gasteiger partial charge < -0.3 is 20.6 Å². The first-order valence-electron chi connectivity index (χ1n) is 12.0. The van der Waals surface area contributed by atoms with Gasteiger partial charge in [-0.05, 0) is 37.7 Å². The van der Waals surface area contributed by atoms with Crippen molar-refractivity contribution in [1.82, 2.24) is 5.32 Å². The number of amides is 1. The molecule has 0 aromatic rings. The molecule has 188 valence electrons. The van der Waals surface area contributed by atoms with Crippen LogP contribution >= 0.6 is 0 Å². The predicted molar refractivity (Wildman–Crippen MR) is 133 cm³/mol. The monoisotopic (exact) mass is 481 g/mol. The van der Waals surface area contributed by atoms with Crippen LogP contribution in [-0.2, 0) is 14.4 Å². The van der Waals surface area contributed by atoms with Crippen LogP contribution in [-0.4, -0.2) is 57.6 Å². The molecule has 0 spiro atoms. The topological polar surface area (TPSA) is 124 Å². The summed E-state index contributed by atoms with van der Waals surface area (Å²) in [6.07, 6.45) is 13.6. The molecule has 1 amide bonds. The highest BCUT2D eigenvalue weighted by molar-refractivity contribution is 6.03. The summed E-state index contributed by atoms with van der Waals surface area (Å²) in [7, 11) is 0. The number of hydrogen-bond donors (Lipinski definition) is 4. The number of aliphatic hydroxyl groups excluding tert-OH is 3. The Labute approximate surface area is 206 Å². The van der Waals surface area contributed by atoms with E-state index in [1.165, 1.54) is 6.08 Å². The number of hydrogen-bond acceptors (Lipinski definition) is 6. The SMILES string of the molecule is CC1=C\C=C\C=C\C(C)CNC(=O)CC(=O)/C=C/C(C)=C/C2C(\C=C\1)C1C(=O)C(O)C(O)C(O)C21. The zero-order valence-corrected chi connectivity index (χ0v) is 20.4. The minimum absolute atomic E-state index is 0.107. The Bertz CT molecular complexity index is 1020. The van der Waals surface area contributed by atoms with Crippen LogP contribution in [0.3, 0.4) is 0 Å². The third kappa shape index (κ3) is 6.42. The molecule has 1 heterocycles. The Morgan fingerprint density at radius 1 is 0.857 bits per heavy atom. The summed E-state index contributed by atoms with van der Waals surface area (Å²) in [4.78, 5) is 37.1. The number of allylic oxidation sites excluding steroid dienone is 11. The first kappa shape index (κ1) is 26.7. The fourth-order valence-electron chi connectivity index (χ4n) is 4.97. The van der Waals surface area contributed by atoms with Gasteiger partial charge in [-0.15, -0.1) is 0 Å².